The van der Waals surface area contributed by atoms with E-state index in [1.165, 1.54) is 5.56 Å². The molecule has 1 amide bonds. The SMILES string of the molecule is CC(C)c1cccc(NC(=O)[C@H](C)N)c1.Cl. The molecule has 1 aromatic carbocycles. The van der Waals surface area contributed by atoms with E-state index in [1.807, 2.05) is 24.3 Å². The Balaban J connectivity index is 0.00000225. The van der Waals surface area contributed by atoms with Gasteiger partial charge in [0.25, 0.3) is 0 Å². The number of carbonyl (C=O) groups excluding carboxylic acids is 1. The second kappa shape index (κ2) is 6.51. The summed E-state index contributed by atoms with van der Waals surface area (Å²) >= 11 is 0. The van der Waals surface area contributed by atoms with Crippen molar-refractivity contribution >= 4 is 24.0 Å². The topological polar surface area (TPSA) is 55.1 Å². The molecule has 0 aromatic heterocycles. The molecule has 0 unspecified atom stereocenters. The lowest BCUT2D eigenvalue weighted by atomic mass is 10.0. The average molecular weight is 243 g/mol. The van der Waals surface area contributed by atoms with Crippen LogP contribution in [-0.4, -0.2) is 11.9 Å². The average Bonchev–Trinajstić information content (AvgIpc) is 2.18. The Hall–Kier alpha value is -1.06. The van der Waals surface area contributed by atoms with Crippen LogP contribution in [0.25, 0.3) is 0 Å². The van der Waals surface area contributed by atoms with Crippen molar-refractivity contribution < 1.29 is 4.79 Å². The first kappa shape index (κ1) is 14.9. The summed E-state index contributed by atoms with van der Waals surface area (Å²) in [6.07, 6.45) is 0. The van der Waals surface area contributed by atoms with E-state index in [2.05, 4.69) is 19.2 Å². The highest BCUT2D eigenvalue weighted by molar-refractivity contribution is 5.94. The Kier molecular flexibility index (Phi) is 6.08. The maximum absolute atomic E-state index is 11.4. The van der Waals surface area contributed by atoms with E-state index in [9.17, 15) is 4.79 Å². The van der Waals surface area contributed by atoms with Gasteiger partial charge in [-0.3, -0.25) is 4.79 Å². The number of carbonyl (C=O) groups is 1. The predicted molar refractivity (Wildman–Crippen MR) is 70.1 cm³/mol. The molecule has 3 nitrogen and oxygen atoms in total. The van der Waals surface area contributed by atoms with Gasteiger partial charge in [-0.1, -0.05) is 26.0 Å². The molecule has 0 bridgehead atoms. The summed E-state index contributed by atoms with van der Waals surface area (Å²) in [5, 5.41) is 2.77. The molecule has 0 heterocycles. The molecule has 0 aliphatic carbocycles. The monoisotopic (exact) mass is 242 g/mol. The maximum Gasteiger partial charge on any atom is 0.240 e. The summed E-state index contributed by atoms with van der Waals surface area (Å²) in [6, 6.07) is 7.35. The van der Waals surface area contributed by atoms with Gasteiger partial charge < -0.3 is 11.1 Å². The number of hydrogen-bond donors (Lipinski definition) is 2. The molecule has 0 spiro atoms. The van der Waals surface area contributed by atoms with Crippen molar-refractivity contribution in [2.45, 2.75) is 32.7 Å². The van der Waals surface area contributed by atoms with Crippen LogP contribution in [0, 0.1) is 0 Å². The van der Waals surface area contributed by atoms with Gasteiger partial charge in [-0.2, -0.15) is 0 Å². The molecule has 90 valence electrons. The second-order valence-electron chi connectivity index (χ2n) is 4.06. The van der Waals surface area contributed by atoms with Gasteiger partial charge in [0.1, 0.15) is 0 Å². The minimum absolute atomic E-state index is 0. The Labute approximate surface area is 103 Å². The van der Waals surface area contributed by atoms with Crippen LogP contribution in [0.4, 0.5) is 5.69 Å². The van der Waals surface area contributed by atoms with E-state index in [4.69, 9.17) is 5.73 Å². The Morgan fingerprint density at radius 1 is 1.31 bits per heavy atom. The molecule has 0 aliphatic rings. The first-order valence-electron chi connectivity index (χ1n) is 5.17. The highest BCUT2D eigenvalue weighted by Gasteiger charge is 2.07. The van der Waals surface area contributed by atoms with Gasteiger partial charge >= 0.3 is 0 Å². The van der Waals surface area contributed by atoms with Crippen LogP contribution >= 0.6 is 12.4 Å². The molecule has 0 aliphatic heterocycles. The number of benzene rings is 1. The third-order valence-electron chi connectivity index (χ3n) is 2.23. The first-order chi connectivity index (χ1) is 7.00. The van der Waals surface area contributed by atoms with E-state index in [0.717, 1.165) is 5.69 Å². The van der Waals surface area contributed by atoms with Crippen LogP contribution < -0.4 is 11.1 Å². The molecule has 0 saturated carbocycles. The normalized spacial score (nSPS) is 11.8. The highest BCUT2D eigenvalue weighted by atomic mass is 35.5. The van der Waals surface area contributed by atoms with Gasteiger partial charge in [0.05, 0.1) is 6.04 Å². The summed E-state index contributed by atoms with van der Waals surface area (Å²) in [5.74, 6) is 0.299. The number of anilines is 1. The summed E-state index contributed by atoms with van der Waals surface area (Å²) in [7, 11) is 0. The van der Waals surface area contributed by atoms with Gasteiger partial charge in [0.15, 0.2) is 0 Å². The number of nitrogens with two attached hydrogens (primary N) is 1. The largest absolute Gasteiger partial charge is 0.325 e. The number of rotatable bonds is 3. The summed E-state index contributed by atoms with van der Waals surface area (Å²) < 4.78 is 0. The molecule has 0 radical (unpaired) electrons. The van der Waals surface area contributed by atoms with Crippen LogP contribution in [-0.2, 0) is 4.79 Å². The van der Waals surface area contributed by atoms with E-state index >= 15 is 0 Å². The Bertz CT molecular complexity index is 351. The van der Waals surface area contributed by atoms with Gasteiger partial charge in [-0.05, 0) is 30.5 Å². The van der Waals surface area contributed by atoms with Crippen molar-refractivity contribution in [1.29, 1.82) is 0 Å². The van der Waals surface area contributed by atoms with Crippen LogP contribution in [0.2, 0.25) is 0 Å². The molecular formula is C12H19ClN2O. The molecule has 1 atom stereocenters. The number of nitrogens with one attached hydrogen (secondary N) is 1. The van der Waals surface area contributed by atoms with Crippen LogP contribution in [0.3, 0.4) is 0 Å². The number of halogens is 1. The van der Waals surface area contributed by atoms with Crippen molar-refractivity contribution in [2.75, 3.05) is 5.32 Å². The fraction of sp³-hybridized carbons (Fsp3) is 0.417. The number of amides is 1. The van der Waals surface area contributed by atoms with E-state index in [1.54, 1.807) is 6.92 Å². The minimum atomic E-state index is -0.479. The lowest BCUT2D eigenvalue weighted by Crippen LogP contribution is -2.32. The third-order valence-corrected chi connectivity index (χ3v) is 2.23. The minimum Gasteiger partial charge on any atom is -0.325 e. The lowest BCUT2D eigenvalue weighted by Gasteiger charge is -2.10. The van der Waals surface area contributed by atoms with Crippen LogP contribution in [0.15, 0.2) is 24.3 Å². The van der Waals surface area contributed by atoms with Crippen molar-refractivity contribution in [1.82, 2.24) is 0 Å². The smallest absolute Gasteiger partial charge is 0.240 e. The fourth-order valence-corrected chi connectivity index (χ4v) is 1.23. The van der Waals surface area contributed by atoms with E-state index < -0.39 is 6.04 Å². The molecule has 0 saturated heterocycles. The molecule has 1 aromatic rings. The Morgan fingerprint density at radius 2 is 1.94 bits per heavy atom. The van der Waals surface area contributed by atoms with Crippen molar-refractivity contribution in [3.8, 4) is 0 Å². The summed E-state index contributed by atoms with van der Waals surface area (Å²) in [5.41, 5.74) is 7.48. The zero-order chi connectivity index (χ0) is 11.4. The molecule has 3 N–H and O–H groups in total. The first-order valence-corrected chi connectivity index (χ1v) is 5.17. The molecule has 1 rings (SSSR count). The highest BCUT2D eigenvalue weighted by Crippen LogP contribution is 2.18. The van der Waals surface area contributed by atoms with Gasteiger partial charge in [0, 0.05) is 5.69 Å². The Morgan fingerprint density at radius 3 is 2.44 bits per heavy atom. The second-order valence-corrected chi connectivity index (χ2v) is 4.06. The third kappa shape index (κ3) is 4.21. The van der Waals surface area contributed by atoms with E-state index in [0.29, 0.717) is 5.92 Å². The molecule has 0 fully saturated rings. The van der Waals surface area contributed by atoms with Gasteiger partial charge in [0.2, 0.25) is 5.91 Å². The van der Waals surface area contributed by atoms with E-state index in [-0.39, 0.29) is 18.3 Å². The summed E-state index contributed by atoms with van der Waals surface area (Å²) in [6.45, 7) is 5.90. The zero-order valence-electron chi connectivity index (χ0n) is 9.86. The fourth-order valence-electron chi connectivity index (χ4n) is 1.23. The lowest BCUT2D eigenvalue weighted by molar-refractivity contribution is -0.117. The van der Waals surface area contributed by atoms with Crippen molar-refractivity contribution in [3.05, 3.63) is 29.8 Å². The number of hydrogen-bond acceptors (Lipinski definition) is 2. The van der Waals surface area contributed by atoms with Crippen LogP contribution in [0.1, 0.15) is 32.3 Å². The van der Waals surface area contributed by atoms with Gasteiger partial charge in [-0.25, -0.2) is 0 Å². The summed E-state index contributed by atoms with van der Waals surface area (Å²) in [4.78, 5) is 11.4. The zero-order valence-corrected chi connectivity index (χ0v) is 10.7. The van der Waals surface area contributed by atoms with Crippen molar-refractivity contribution in [3.63, 3.8) is 0 Å². The maximum atomic E-state index is 11.4. The molecular weight excluding hydrogens is 224 g/mol. The molecule has 4 heteroatoms. The van der Waals surface area contributed by atoms with Crippen molar-refractivity contribution in [2.24, 2.45) is 5.73 Å². The molecule has 16 heavy (non-hydrogen) atoms. The van der Waals surface area contributed by atoms with Gasteiger partial charge in [-0.15, -0.1) is 12.4 Å². The predicted octanol–water partition coefficient (Wildman–Crippen LogP) is 2.52. The quantitative estimate of drug-likeness (QED) is 0.856. The van der Waals surface area contributed by atoms with Crippen LogP contribution in [0.5, 0.6) is 0 Å². The standard InChI is InChI=1S/C12H18N2O.ClH/c1-8(2)10-5-4-6-11(7-10)14-12(15)9(3)13;/h4-9H,13H2,1-3H3,(H,14,15);1H/t9-;/m0./s1.